The molecular weight excluding hydrogens is 408 g/mol. The second kappa shape index (κ2) is 7.91. The van der Waals surface area contributed by atoms with Crippen molar-refractivity contribution in [3.63, 3.8) is 0 Å². The molecule has 1 aromatic heterocycles. The second-order valence-corrected chi connectivity index (χ2v) is 7.67. The largest absolute Gasteiger partial charge is 0.410 e. The number of ether oxygens (including phenoxy) is 1. The molecule has 0 bridgehead atoms. The van der Waals surface area contributed by atoms with Gasteiger partial charge in [-0.25, -0.2) is 9.78 Å². The Hall–Kier alpha value is -3.79. The van der Waals surface area contributed by atoms with Gasteiger partial charge < -0.3 is 10.5 Å². The normalized spacial score (nSPS) is 12.9. The van der Waals surface area contributed by atoms with Crippen molar-refractivity contribution < 1.29 is 19.2 Å². The number of rotatable bonds is 6. The van der Waals surface area contributed by atoms with Crippen LogP contribution in [-0.4, -0.2) is 21.9 Å². The van der Waals surface area contributed by atoms with Crippen LogP contribution in [0.3, 0.4) is 0 Å². The molecule has 152 valence electrons. The van der Waals surface area contributed by atoms with Crippen molar-refractivity contribution in [3.05, 3.63) is 69.9 Å². The van der Waals surface area contributed by atoms with E-state index in [2.05, 4.69) is 10.3 Å². The number of carbonyl (C=O) groups is 2. The van der Waals surface area contributed by atoms with E-state index in [-0.39, 0.29) is 21.8 Å². The molecule has 1 aliphatic carbocycles. The first-order valence-corrected chi connectivity index (χ1v) is 9.87. The molecule has 0 aliphatic heterocycles. The maximum absolute atomic E-state index is 13.0. The summed E-state index contributed by atoms with van der Waals surface area (Å²) in [5, 5.41) is 14.1. The smallest absolute Gasteiger partial charge is 0.409 e. The minimum Gasteiger partial charge on any atom is -0.410 e. The molecule has 4 rings (SSSR count). The highest BCUT2D eigenvalue weighted by molar-refractivity contribution is 7.19. The van der Waals surface area contributed by atoms with Gasteiger partial charge in [-0.2, -0.15) is 0 Å². The first kappa shape index (κ1) is 19.5. The SMILES string of the molecule is NC(=O)Oc1ccc(C(=O)Nc2nc(C3CC3)c([N+](=O)[O-])s2)c(-c2ccccc2)c1. The first-order valence-electron chi connectivity index (χ1n) is 9.05. The van der Waals surface area contributed by atoms with E-state index in [9.17, 15) is 19.7 Å². The highest BCUT2D eigenvalue weighted by atomic mass is 32.1. The zero-order valence-corrected chi connectivity index (χ0v) is 16.3. The quantitative estimate of drug-likeness (QED) is 0.447. The molecule has 0 spiro atoms. The Morgan fingerprint density at radius 3 is 2.57 bits per heavy atom. The van der Waals surface area contributed by atoms with Gasteiger partial charge in [-0.05, 0) is 53.5 Å². The van der Waals surface area contributed by atoms with Crippen molar-refractivity contribution in [1.82, 2.24) is 4.98 Å². The predicted molar refractivity (Wildman–Crippen MR) is 111 cm³/mol. The lowest BCUT2D eigenvalue weighted by atomic mass is 9.99. The molecule has 3 aromatic rings. The summed E-state index contributed by atoms with van der Waals surface area (Å²) in [6.45, 7) is 0. The summed E-state index contributed by atoms with van der Waals surface area (Å²) in [6.07, 6.45) is 0.753. The summed E-state index contributed by atoms with van der Waals surface area (Å²) in [4.78, 5) is 39.2. The number of primary amides is 1. The van der Waals surface area contributed by atoms with Crippen LogP contribution in [0.5, 0.6) is 5.75 Å². The summed E-state index contributed by atoms with van der Waals surface area (Å²) in [6, 6.07) is 13.6. The number of anilines is 1. The van der Waals surface area contributed by atoms with Crippen LogP contribution in [-0.2, 0) is 0 Å². The second-order valence-electron chi connectivity index (χ2n) is 6.69. The van der Waals surface area contributed by atoms with Crippen molar-refractivity contribution >= 4 is 33.5 Å². The number of aromatic nitrogens is 1. The van der Waals surface area contributed by atoms with Crippen LogP contribution in [0.4, 0.5) is 14.9 Å². The lowest BCUT2D eigenvalue weighted by Crippen LogP contribution is -2.17. The van der Waals surface area contributed by atoms with Gasteiger partial charge in [0, 0.05) is 11.5 Å². The number of nitro groups is 1. The van der Waals surface area contributed by atoms with E-state index in [0.29, 0.717) is 16.8 Å². The average molecular weight is 424 g/mol. The van der Waals surface area contributed by atoms with E-state index >= 15 is 0 Å². The molecule has 1 fully saturated rings. The first-order chi connectivity index (χ1) is 14.4. The number of amides is 2. The fourth-order valence-corrected chi connectivity index (χ4v) is 3.92. The van der Waals surface area contributed by atoms with Crippen LogP contribution >= 0.6 is 11.3 Å². The molecule has 3 N–H and O–H groups in total. The molecule has 0 atom stereocenters. The van der Waals surface area contributed by atoms with Gasteiger partial charge in [0.15, 0.2) is 5.13 Å². The predicted octanol–water partition coefficient (Wildman–Crippen LogP) is 4.31. The lowest BCUT2D eigenvalue weighted by Gasteiger charge is -2.11. The van der Waals surface area contributed by atoms with Gasteiger partial charge in [-0.15, -0.1) is 0 Å². The van der Waals surface area contributed by atoms with E-state index in [0.717, 1.165) is 29.7 Å². The summed E-state index contributed by atoms with van der Waals surface area (Å²) in [7, 11) is 0. The molecule has 0 radical (unpaired) electrons. The molecule has 1 heterocycles. The van der Waals surface area contributed by atoms with Crippen molar-refractivity contribution in [3.8, 4) is 16.9 Å². The van der Waals surface area contributed by atoms with Crippen molar-refractivity contribution in [2.75, 3.05) is 5.32 Å². The number of nitrogens with two attached hydrogens (primary N) is 1. The Morgan fingerprint density at radius 1 is 1.20 bits per heavy atom. The van der Waals surface area contributed by atoms with Crippen LogP contribution in [0.1, 0.15) is 34.8 Å². The van der Waals surface area contributed by atoms with Gasteiger partial charge in [-0.3, -0.25) is 20.2 Å². The molecule has 30 heavy (non-hydrogen) atoms. The summed E-state index contributed by atoms with van der Waals surface area (Å²) in [5.41, 5.74) is 7.04. The van der Waals surface area contributed by atoms with Crippen LogP contribution in [0, 0.1) is 10.1 Å². The standard InChI is InChI=1S/C20H16N4O5S/c21-19(26)29-13-8-9-14(15(10-13)11-4-2-1-3-5-11)17(25)23-20-22-16(12-6-7-12)18(30-20)24(27)28/h1-5,8-10,12H,6-7H2,(H2,21,26)(H,22,23,25). The van der Waals surface area contributed by atoms with Crippen LogP contribution < -0.4 is 15.8 Å². The van der Waals surface area contributed by atoms with Gasteiger partial charge in [0.25, 0.3) is 5.91 Å². The van der Waals surface area contributed by atoms with Crippen LogP contribution in [0.15, 0.2) is 48.5 Å². The van der Waals surface area contributed by atoms with Crippen LogP contribution in [0.25, 0.3) is 11.1 Å². The molecule has 2 aromatic carbocycles. The summed E-state index contributed by atoms with van der Waals surface area (Å²) < 4.78 is 4.93. The fourth-order valence-electron chi connectivity index (χ4n) is 3.05. The Kier molecular flexibility index (Phi) is 5.15. The fraction of sp³-hybridized carbons (Fsp3) is 0.150. The molecule has 0 saturated heterocycles. The lowest BCUT2D eigenvalue weighted by molar-refractivity contribution is -0.381. The van der Waals surface area contributed by atoms with Crippen molar-refractivity contribution in [2.45, 2.75) is 18.8 Å². The average Bonchev–Trinajstić information content (AvgIpc) is 3.48. The monoisotopic (exact) mass is 424 g/mol. The maximum Gasteiger partial charge on any atom is 0.409 e. The third kappa shape index (κ3) is 4.13. The minimum atomic E-state index is -0.964. The Balaban J connectivity index is 1.67. The molecule has 2 amide bonds. The number of benzene rings is 2. The Bertz CT molecular complexity index is 1140. The van der Waals surface area contributed by atoms with E-state index in [1.54, 1.807) is 12.1 Å². The molecule has 10 heteroatoms. The number of hydrogen-bond acceptors (Lipinski definition) is 7. The number of thiazole rings is 1. The maximum atomic E-state index is 13.0. The topological polar surface area (TPSA) is 137 Å². The molecule has 0 unspecified atom stereocenters. The van der Waals surface area contributed by atoms with Gasteiger partial charge in [0.05, 0.1) is 4.92 Å². The third-order valence-corrected chi connectivity index (χ3v) is 5.46. The molecule has 1 saturated carbocycles. The highest BCUT2D eigenvalue weighted by Gasteiger charge is 2.35. The van der Waals surface area contributed by atoms with Gasteiger partial charge in [-0.1, -0.05) is 30.3 Å². The van der Waals surface area contributed by atoms with Gasteiger partial charge >= 0.3 is 11.1 Å². The minimum absolute atomic E-state index is 0.0405. The number of hydrogen-bond donors (Lipinski definition) is 2. The van der Waals surface area contributed by atoms with E-state index in [4.69, 9.17) is 10.5 Å². The van der Waals surface area contributed by atoms with Crippen molar-refractivity contribution in [1.29, 1.82) is 0 Å². The highest BCUT2D eigenvalue weighted by Crippen LogP contribution is 2.46. The van der Waals surface area contributed by atoms with Crippen molar-refractivity contribution in [2.24, 2.45) is 5.73 Å². The summed E-state index contributed by atoms with van der Waals surface area (Å²) >= 11 is 0.844. The van der Waals surface area contributed by atoms with E-state index < -0.39 is 16.9 Å². The molecule has 9 nitrogen and oxygen atoms in total. The summed E-state index contributed by atoms with van der Waals surface area (Å²) in [5.74, 6) is -0.207. The molecular formula is C20H16N4O5S. The zero-order valence-electron chi connectivity index (χ0n) is 15.5. The van der Waals surface area contributed by atoms with Gasteiger partial charge in [0.1, 0.15) is 11.4 Å². The van der Waals surface area contributed by atoms with E-state index in [1.807, 2.05) is 18.2 Å². The Labute approximate surface area is 174 Å². The number of nitrogens with one attached hydrogen (secondary N) is 1. The number of carbonyl (C=O) groups excluding carboxylic acids is 2. The van der Waals surface area contributed by atoms with E-state index in [1.165, 1.54) is 18.2 Å². The zero-order chi connectivity index (χ0) is 21.3. The van der Waals surface area contributed by atoms with Crippen LogP contribution in [0.2, 0.25) is 0 Å². The Morgan fingerprint density at radius 2 is 1.93 bits per heavy atom. The third-order valence-electron chi connectivity index (χ3n) is 4.52. The number of nitrogens with zero attached hydrogens (tertiary/aromatic N) is 2. The molecule has 1 aliphatic rings. The van der Waals surface area contributed by atoms with Gasteiger partial charge in [0.2, 0.25) is 0 Å².